The van der Waals surface area contributed by atoms with Gasteiger partial charge < -0.3 is 5.32 Å². The molecular formula is C12H19NO3S2. The van der Waals surface area contributed by atoms with Crippen LogP contribution >= 0.6 is 0 Å². The molecule has 0 aliphatic carbocycles. The third kappa shape index (κ3) is 4.88. The quantitative estimate of drug-likeness (QED) is 0.854. The standard InChI is InChI=1S/C12H19NO3S2/c1-10(2)13-8-9-17(14)11-4-6-12(7-5-11)18(3,15)16/h4-7,10,13H,8-9H2,1-3H3. The summed E-state index contributed by atoms with van der Waals surface area (Å²) in [6.45, 7) is 4.74. The summed E-state index contributed by atoms with van der Waals surface area (Å²) in [4.78, 5) is 0.913. The predicted molar refractivity (Wildman–Crippen MR) is 74.0 cm³/mol. The van der Waals surface area contributed by atoms with Gasteiger partial charge >= 0.3 is 0 Å². The molecule has 18 heavy (non-hydrogen) atoms. The number of rotatable bonds is 6. The lowest BCUT2D eigenvalue weighted by atomic mass is 10.4. The summed E-state index contributed by atoms with van der Waals surface area (Å²) in [6, 6.07) is 6.59. The maximum atomic E-state index is 11.9. The van der Waals surface area contributed by atoms with E-state index in [0.29, 0.717) is 23.2 Å². The van der Waals surface area contributed by atoms with Crippen molar-refractivity contribution in [3.05, 3.63) is 24.3 Å². The largest absolute Gasteiger partial charge is 0.314 e. The van der Waals surface area contributed by atoms with E-state index in [1.807, 2.05) is 13.8 Å². The van der Waals surface area contributed by atoms with Gasteiger partial charge in [-0.25, -0.2) is 8.42 Å². The van der Waals surface area contributed by atoms with Crippen molar-refractivity contribution in [3.8, 4) is 0 Å². The molecule has 4 nitrogen and oxygen atoms in total. The third-order valence-electron chi connectivity index (χ3n) is 2.35. The summed E-state index contributed by atoms with van der Waals surface area (Å²) in [6.07, 6.45) is 1.16. The lowest BCUT2D eigenvalue weighted by molar-refractivity contribution is 0.601. The molecule has 6 heteroatoms. The molecule has 0 amide bonds. The molecule has 0 spiro atoms. The van der Waals surface area contributed by atoms with Crippen LogP contribution in [0.1, 0.15) is 13.8 Å². The number of hydrogen-bond donors (Lipinski definition) is 1. The molecule has 0 aliphatic heterocycles. The van der Waals surface area contributed by atoms with Crippen LogP contribution in [-0.4, -0.2) is 37.2 Å². The minimum absolute atomic E-state index is 0.253. The second-order valence-corrected chi connectivity index (χ2v) is 7.99. The first-order valence-corrected chi connectivity index (χ1v) is 8.93. The summed E-state index contributed by atoms with van der Waals surface area (Å²) in [5.41, 5.74) is 0. The summed E-state index contributed by atoms with van der Waals surface area (Å²) >= 11 is 0. The molecule has 1 atom stereocenters. The fourth-order valence-corrected chi connectivity index (χ4v) is 3.01. The number of sulfone groups is 1. The Morgan fingerprint density at radius 3 is 2.22 bits per heavy atom. The SMILES string of the molecule is CC(C)NCCS(=O)c1ccc(S(C)(=O)=O)cc1. The maximum absolute atomic E-state index is 11.9. The van der Waals surface area contributed by atoms with Crippen LogP contribution < -0.4 is 5.32 Å². The van der Waals surface area contributed by atoms with E-state index >= 15 is 0 Å². The highest BCUT2D eigenvalue weighted by Crippen LogP contribution is 2.13. The predicted octanol–water partition coefficient (Wildman–Crippen LogP) is 1.20. The second kappa shape index (κ2) is 6.45. The fraction of sp³-hybridized carbons (Fsp3) is 0.500. The van der Waals surface area contributed by atoms with E-state index in [0.717, 1.165) is 6.26 Å². The van der Waals surface area contributed by atoms with Crippen molar-refractivity contribution in [1.82, 2.24) is 5.32 Å². The molecule has 102 valence electrons. The van der Waals surface area contributed by atoms with Crippen molar-refractivity contribution in [1.29, 1.82) is 0 Å². The highest BCUT2D eigenvalue weighted by atomic mass is 32.2. The van der Waals surface area contributed by atoms with Crippen molar-refractivity contribution in [2.45, 2.75) is 29.7 Å². The zero-order valence-electron chi connectivity index (χ0n) is 10.8. The maximum Gasteiger partial charge on any atom is 0.175 e. The van der Waals surface area contributed by atoms with Gasteiger partial charge in [0.15, 0.2) is 9.84 Å². The number of benzene rings is 1. The smallest absolute Gasteiger partial charge is 0.175 e. The molecular weight excluding hydrogens is 270 g/mol. The van der Waals surface area contributed by atoms with Gasteiger partial charge in [0.2, 0.25) is 0 Å². The van der Waals surface area contributed by atoms with Gasteiger partial charge in [-0.3, -0.25) is 4.21 Å². The zero-order chi connectivity index (χ0) is 13.8. The molecule has 0 heterocycles. The molecule has 1 aromatic carbocycles. The van der Waals surface area contributed by atoms with Crippen LogP contribution in [0.25, 0.3) is 0 Å². The van der Waals surface area contributed by atoms with E-state index in [1.54, 1.807) is 12.1 Å². The van der Waals surface area contributed by atoms with Crippen molar-refractivity contribution < 1.29 is 12.6 Å². The zero-order valence-corrected chi connectivity index (χ0v) is 12.5. The van der Waals surface area contributed by atoms with Gasteiger partial charge in [-0.2, -0.15) is 0 Å². The third-order valence-corrected chi connectivity index (χ3v) is 4.86. The van der Waals surface area contributed by atoms with Crippen LogP contribution in [-0.2, 0) is 20.6 Å². The van der Waals surface area contributed by atoms with Crippen LogP contribution in [0.2, 0.25) is 0 Å². The second-order valence-electron chi connectivity index (χ2n) is 4.40. The normalized spacial score (nSPS) is 13.8. The van der Waals surface area contributed by atoms with Crippen LogP contribution in [0.15, 0.2) is 34.1 Å². The fourth-order valence-electron chi connectivity index (χ4n) is 1.40. The Morgan fingerprint density at radius 1 is 1.22 bits per heavy atom. The van der Waals surface area contributed by atoms with Gasteiger partial charge in [-0.1, -0.05) is 13.8 Å². The Kier molecular flexibility index (Phi) is 5.49. The van der Waals surface area contributed by atoms with E-state index in [1.165, 1.54) is 12.1 Å². The van der Waals surface area contributed by atoms with Crippen molar-refractivity contribution in [3.63, 3.8) is 0 Å². The summed E-state index contributed by atoms with van der Waals surface area (Å²) in [7, 11) is -4.28. The average molecular weight is 289 g/mol. The average Bonchev–Trinajstić information content (AvgIpc) is 2.27. The van der Waals surface area contributed by atoms with Crippen LogP contribution in [0.4, 0.5) is 0 Å². The van der Waals surface area contributed by atoms with Gasteiger partial charge in [0, 0.05) is 29.5 Å². The summed E-state index contributed by atoms with van der Waals surface area (Å²) in [5, 5.41) is 3.19. The minimum Gasteiger partial charge on any atom is -0.314 e. The monoisotopic (exact) mass is 289 g/mol. The Hall–Kier alpha value is -0.720. The van der Waals surface area contributed by atoms with Crippen LogP contribution in [0.3, 0.4) is 0 Å². The van der Waals surface area contributed by atoms with E-state index in [2.05, 4.69) is 5.32 Å². The Labute approximate surface area is 111 Å². The molecule has 1 N–H and O–H groups in total. The molecule has 0 aromatic heterocycles. The molecule has 1 unspecified atom stereocenters. The van der Waals surface area contributed by atoms with Crippen LogP contribution in [0.5, 0.6) is 0 Å². The summed E-state index contributed by atoms with van der Waals surface area (Å²) in [5.74, 6) is 0.524. The van der Waals surface area contributed by atoms with Crippen LogP contribution in [0, 0.1) is 0 Å². The molecule has 0 saturated carbocycles. The highest BCUT2D eigenvalue weighted by molar-refractivity contribution is 7.90. The molecule has 0 radical (unpaired) electrons. The summed E-state index contributed by atoms with van der Waals surface area (Å²) < 4.78 is 34.5. The van der Waals surface area contributed by atoms with Crippen molar-refractivity contribution >= 4 is 20.6 Å². The van der Waals surface area contributed by atoms with Gasteiger partial charge in [0.25, 0.3) is 0 Å². The van der Waals surface area contributed by atoms with Gasteiger partial charge in [-0.15, -0.1) is 0 Å². The lowest BCUT2D eigenvalue weighted by Crippen LogP contribution is -2.27. The van der Waals surface area contributed by atoms with Crippen molar-refractivity contribution in [2.75, 3.05) is 18.6 Å². The van der Waals surface area contributed by atoms with Gasteiger partial charge in [0.05, 0.1) is 15.7 Å². The molecule has 0 saturated heterocycles. The highest BCUT2D eigenvalue weighted by Gasteiger charge is 2.08. The molecule has 1 rings (SSSR count). The minimum atomic E-state index is -3.18. The van der Waals surface area contributed by atoms with Crippen molar-refractivity contribution in [2.24, 2.45) is 0 Å². The molecule has 0 aliphatic rings. The lowest BCUT2D eigenvalue weighted by Gasteiger charge is -2.08. The number of nitrogens with one attached hydrogen (secondary N) is 1. The topological polar surface area (TPSA) is 63.2 Å². The first kappa shape index (κ1) is 15.3. The van der Waals surface area contributed by atoms with E-state index in [4.69, 9.17) is 0 Å². The van der Waals surface area contributed by atoms with E-state index in [-0.39, 0.29) is 4.90 Å². The number of hydrogen-bond acceptors (Lipinski definition) is 4. The Morgan fingerprint density at radius 2 is 1.78 bits per heavy atom. The first-order valence-electron chi connectivity index (χ1n) is 5.72. The first-order chi connectivity index (χ1) is 8.30. The van der Waals surface area contributed by atoms with E-state index < -0.39 is 20.6 Å². The molecule has 1 aromatic rings. The molecule has 0 bridgehead atoms. The Balaban J connectivity index is 2.65. The van der Waals surface area contributed by atoms with Gasteiger partial charge in [0.1, 0.15) is 0 Å². The molecule has 0 fully saturated rings. The van der Waals surface area contributed by atoms with Gasteiger partial charge in [-0.05, 0) is 24.3 Å². The van der Waals surface area contributed by atoms with E-state index in [9.17, 15) is 12.6 Å². The Bertz CT molecular complexity index is 507.